The van der Waals surface area contributed by atoms with E-state index < -0.39 is 5.41 Å². The molecule has 0 bridgehead atoms. The quantitative estimate of drug-likeness (QED) is 0.192. The van der Waals surface area contributed by atoms with Crippen LogP contribution in [-0.4, -0.2) is 5.71 Å². The summed E-state index contributed by atoms with van der Waals surface area (Å²) in [6, 6.07) is 62.9. The normalized spacial score (nSPS) is 16.1. The van der Waals surface area contributed by atoms with Gasteiger partial charge in [-0.25, -0.2) is 0 Å². The van der Waals surface area contributed by atoms with E-state index in [4.69, 9.17) is 4.99 Å². The molecule has 0 aromatic heterocycles. The van der Waals surface area contributed by atoms with Crippen molar-refractivity contribution in [3.8, 4) is 33.4 Å². The molecule has 0 spiro atoms. The van der Waals surface area contributed by atoms with E-state index in [1.807, 2.05) is 0 Å². The molecular weight excluding hydrogens is 567 g/mol. The lowest BCUT2D eigenvalue weighted by Gasteiger charge is -2.34. The molecule has 0 saturated carbocycles. The van der Waals surface area contributed by atoms with Gasteiger partial charge in [0.2, 0.25) is 0 Å². The van der Waals surface area contributed by atoms with E-state index in [0.29, 0.717) is 0 Å². The molecule has 1 heterocycles. The Balaban J connectivity index is 1.18. The number of benzene rings is 7. The lowest BCUT2D eigenvalue weighted by atomic mass is 9.67. The Morgan fingerprint density at radius 1 is 0.447 bits per heavy atom. The van der Waals surface area contributed by atoms with Gasteiger partial charge in [-0.2, -0.15) is 0 Å². The molecule has 0 unspecified atom stereocenters. The minimum Gasteiger partial charge on any atom is -0.252 e. The molecule has 0 radical (unpaired) electrons. The smallest absolute Gasteiger partial charge is 0.0713 e. The van der Waals surface area contributed by atoms with Crippen LogP contribution in [0.15, 0.2) is 175 Å². The highest BCUT2D eigenvalue weighted by molar-refractivity contribution is 6.14. The van der Waals surface area contributed by atoms with E-state index >= 15 is 0 Å². The van der Waals surface area contributed by atoms with Crippen molar-refractivity contribution in [3.63, 3.8) is 0 Å². The number of hydrogen-bond acceptors (Lipinski definition) is 1. The summed E-state index contributed by atoms with van der Waals surface area (Å²) in [6.45, 7) is 0. The van der Waals surface area contributed by atoms with Crippen molar-refractivity contribution in [1.29, 1.82) is 0 Å². The number of fused-ring (bicyclic) bond motifs is 10. The van der Waals surface area contributed by atoms with Crippen LogP contribution in [0.5, 0.6) is 0 Å². The molecule has 3 aliphatic rings. The monoisotopic (exact) mass is 597 g/mol. The predicted molar refractivity (Wildman–Crippen MR) is 194 cm³/mol. The lowest BCUT2D eigenvalue weighted by molar-refractivity contribution is 0.769. The fourth-order valence-corrected chi connectivity index (χ4v) is 8.66. The van der Waals surface area contributed by atoms with Crippen molar-refractivity contribution < 1.29 is 0 Å². The van der Waals surface area contributed by atoms with Crippen molar-refractivity contribution in [2.24, 2.45) is 4.99 Å². The zero-order valence-electron chi connectivity index (χ0n) is 25.9. The third kappa shape index (κ3) is 3.74. The standard InChI is InChI=1S/C46H31N/c1-3-13-33(14-4-1)46(34-15-5-2-6-16-34)42-21-11-9-18-36(42)37-26-25-31(29-43(37)46)30-23-24-32-28-41-38-19-10-12-22-44(38)47-45(41)39-20-8-7-17-35(39)40(32)27-30/h1-27,29,41H,28H2/t41-/m0/s1. The van der Waals surface area contributed by atoms with E-state index in [1.165, 1.54) is 78.0 Å². The minimum atomic E-state index is -0.411. The summed E-state index contributed by atoms with van der Waals surface area (Å²) in [7, 11) is 0. The van der Waals surface area contributed by atoms with Crippen LogP contribution >= 0.6 is 0 Å². The molecule has 1 nitrogen and oxygen atoms in total. The van der Waals surface area contributed by atoms with Gasteiger partial charge in [-0.05, 0) is 91.4 Å². The highest BCUT2D eigenvalue weighted by atomic mass is 14.8. The van der Waals surface area contributed by atoms with Gasteiger partial charge in [0.15, 0.2) is 0 Å². The van der Waals surface area contributed by atoms with Gasteiger partial charge in [-0.15, -0.1) is 0 Å². The van der Waals surface area contributed by atoms with Crippen molar-refractivity contribution in [1.82, 2.24) is 0 Å². The van der Waals surface area contributed by atoms with Crippen LogP contribution in [0.1, 0.15) is 44.9 Å². The Morgan fingerprint density at radius 2 is 1.04 bits per heavy atom. The molecule has 7 aromatic rings. The van der Waals surface area contributed by atoms with Crippen molar-refractivity contribution >= 4 is 11.4 Å². The molecule has 7 aromatic carbocycles. The Labute approximate surface area is 275 Å². The number of rotatable bonds is 3. The number of aliphatic imine (C=N–C) groups is 1. The molecule has 0 N–H and O–H groups in total. The van der Waals surface area contributed by atoms with Crippen molar-refractivity contribution in [2.75, 3.05) is 0 Å². The largest absolute Gasteiger partial charge is 0.252 e. The molecule has 220 valence electrons. The molecule has 10 rings (SSSR count). The Morgan fingerprint density at radius 3 is 1.83 bits per heavy atom. The van der Waals surface area contributed by atoms with Gasteiger partial charge in [0.1, 0.15) is 0 Å². The van der Waals surface area contributed by atoms with Gasteiger partial charge in [0, 0.05) is 11.5 Å². The maximum absolute atomic E-state index is 5.19. The van der Waals surface area contributed by atoms with Gasteiger partial charge in [-0.1, -0.05) is 152 Å². The van der Waals surface area contributed by atoms with Crippen LogP contribution in [0.2, 0.25) is 0 Å². The molecule has 47 heavy (non-hydrogen) atoms. The second-order valence-corrected chi connectivity index (χ2v) is 13.0. The summed E-state index contributed by atoms with van der Waals surface area (Å²) in [5.74, 6) is 0.273. The second kappa shape index (κ2) is 10.1. The third-order valence-electron chi connectivity index (χ3n) is 10.7. The summed E-state index contributed by atoms with van der Waals surface area (Å²) in [5.41, 5.74) is 18.8. The average Bonchev–Trinajstić information content (AvgIpc) is 3.61. The van der Waals surface area contributed by atoms with Gasteiger partial charge in [0.05, 0.1) is 16.8 Å². The fraction of sp³-hybridized carbons (Fsp3) is 0.0652. The molecule has 1 aliphatic heterocycles. The van der Waals surface area contributed by atoms with Crippen LogP contribution in [0.25, 0.3) is 33.4 Å². The molecular formula is C46H31N. The van der Waals surface area contributed by atoms with Crippen LogP contribution in [-0.2, 0) is 11.8 Å². The highest BCUT2D eigenvalue weighted by Crippen LogP contribution is 2.57. The van der Waals surface area contributed by atoms with E-state index in [0.717, 1.165) is 12.1 Å². The Kier molecular flexibility index (Phi) is 5.68. The summed E-state index contributed by atoms with van der Waals surface area (Å²) in [4.78, 5) is 5.19. The third-order valence-corrected chi connectivity index (χ3v) is 10.7. The zero-order valence-corrected chi connectivity index (χ0v) is 25.9. The second-order valence-electron chi connectivity index (χ2n) is 13.0. The summed E-state index contributed by atoms with van der Waals surface area (Å²) in [5, 5.41) is 0. The summed E-state index contributed by atoms with van der Waals surface area (Å²) >= 11 is 0. The van der Waals surface area contributed by atoms with E-state index in [9.17, 15) is 0 Å². The molecule has 0 amide bonds. The van der Waals surface area contributed by atoms with Crippen molar-refractivity contribution in [3.05, 3.63) is 209 Å². The van der Waals surface area contributed by atoms with E-state index in [2.05, 4.69) is 170 Å². The Bertz CT molecular complexity index is 2340. The zero-order chi connectivity index (χ0) is 31.0. The molecule has 1 atom stereocenters. The first kappa shape index (κ1) is 26.4. The van der Waals surface area contributed by atoms with Gasteiger partial charge >= 0.3 is 0 Å². The summed E-state index contributed by atoms with van der Waals surface area (Å²) < 4.78 is 0. The van der Waals surface area contributed by atoms with Gasteiger partial charge in [-0.3, -0.25) is 4.99 Å². The van der Waals surface area contributed by atoms with Crippen LogP contribution in [0.3, 0.4) is 0 Å². The van der Waals surface area contributed by atoms with Crippen LogP contribution in [0, 0.1) is 0 Å². The SMILES string of the molecule is c1ccc(C2(c3ccccc3)c3ccccc3-c3ccc(-c4ccc5c(c4)-c4ccccc4C4=Nc6ccccc6[C@@H]4C5)cc32)cc1. The lowest BCUT2D eigenvalue weighted by Crippen LogP contribution is -2.28. The fourth-order valence-electron chi connectivity index (χ4n) is 8.66. The molecule has 0 saturated heterocycles. The first-order chi connectivity index (χ1) is 23.3. The van der Waals surface area contributed by atoms with E-state index in [1.54, 1.807) is 0 Å². The minimum absolute atomic E-state index is 0.273. The molecule has 1 heteroatoms. The highest BCUT2D eigenvalue weighted by Gasteiger charge is 2.46. The summed E-state index contributed by atoms with van der Waals surface area (Å²) in [6.07, 6.45) is 0.949. The first-order valence-electron chi connectivity index (χ1n) is 16.6. The van der Waals surface area contributed by atoms with Crippen LogP contribution in [0.4, 0.5) is 5.69 Å². The average molecular weight is 598 g/mol. The predicted octanol–water partition coefficient (Wildman–Crippen LogP) is 11.2. The number of para-hydroxylation sites is 1. The number of nitrogens with zero attached hydrogens (tertiary/aromatic N) is 1. The molecule has 0 fully saturated rings. The van der Waals surface area contributed by atoms with Gasteiger partial charge < -0.3 is 0 Å². The van der Waals surface area contributed by atoms with Crippen molar-refractivity contribution in [2.45, 2.75) is 17.8 Å². The Hall–Kier alpha value is -5.79. The maximum Gasteiger partial charge on any atom is 0.0713 e. The van der Waals surface area contributed by atoms with Crippen LogP contribution < -0.4 is 0 Å². The van der Waals surface area contributed by atoms with Gasteiger partial charge in [0.25, 0.3) is 0 Å². The molecule has 2 aliphatic carbocycles. The topological polar surface area (TPSA) is 12.4 Å². The maximum atomic E-state index is 5.19. The van der Waals surface area contributed by atoms with E-state index in [-0.39, 0.29) is 5.92 Å². The number of hydrogen-bond donors (Lipinski definition) is 0. The first-order valence-corrected chi connectivity index (χ1v) is 16.6.